The highest BCUT2D eigenvalue weighted by molar-refractivity contribution is 7.66. The Morgan fingerprint density at radius 1 is 0.692 bits per heavy atom. The average Bonchev–Trinajstić information content (AvgIpc) is 2.61. The van der Waals surface area contributed by atoms with Crippen molar-refractivity contribution in [1.29, 1.82) is 0 Å². The predicted molar refractivity (Wildman–Crippen MR) is 118 cm³/mol. The summed E-state index contributed by atoms with van der Waals surface area (Å²) in [6.45, 7) is 11.6. The van der Waals surface area contributed by atoms with Crippen molar-refractivity contribution in [2.45, 2.75) is 32.9 Å². The lowest BCUT2D eigenvalue weighted by atomic mass is 9.92. The topological polar surface area (TPSA) is 0 Å². The molecule has 26 heavy (non-hydrogen) atoms. The van der Waals surface area contributed by atoms with Crippen molar-refractivity contribution in [1.82, 2.24) is 0 Å². The van der Waals surface area contributed by atoms with Gasteiger partial charge in [-0.1, -0.05) is 86.3 Å². The van der Waals surface area contributed by atoms with E-state index in [1.807, 2.05) is 0 Å². The van der Waals surface area contributed by atoms with Crippen molar-refractivity contribution in [2.24, 2.45) is 0 Å². The first-order valence-electron chi connectivity index (χ1n) is 8.87. The van der Waals surface area contributed by atoms with Crippen LogP contribution >= 0.6 is 7.92 Å². The quantitative estimate of drug-likeness (QED) is 0.401. The third kappa shape index (κ3) is 3.65. The highest BCUT2D eigenvalue weighted by Crippen LogP contribution is 2.57. The van der Waals surface area contributed by atoms with Gasteiger partial charge in [-0.25, -0.2) is 0 Å². The van der Waals surface area contributed by atoms with Crippen LogP contribution in [0.3, 0.4) is 0 Å². The summed E-state index contributed by atoms with van der Waals surface area (Å²) in [5.41, 5.74) is 6.99. The molecule has 3 aromatic rings. The van der Waals surface area contributed by atoms with E-state index in [0.717, 1.165) is 0 Å². The van der Waals surface area contributed by atoms with Crippen LogP contribution < -0.4 is 5.30 Å². The van der Waals surface area contributed by atoms with Gasteiger partial charge < -0.3 is 0 Å². The monoisotopic (exact) mass is 357 g/mol. The Morgan fingerprint density at radius 2 is 1.08 bits per heavy atom. The zero-order valence-corrected chi connectivity index (χ0v) is 17.3. The van der Waals surface area contributed by atoms with Crippen LogP contribution in [0, 0.1) is 20.8 Å². The average molecular weight is 357 g/mol. The first-order valence-corrected chi connectivity index (χ1v) is 10.7. The molecule has 0 spiro atoms. The molecule has 0 saturated heterocycles. The zero-order valence-electron chi connectivity index (χ0n) is 16.5. The maximum absolute atomic E-state index is 2.44. The highest BCUT2D eigenvalue weighted by atomic mass is 31.1. The standard InChI is InChI=1S/C24H27P.B/c1-18-16-19(2)23(20(3)17-18)25(5)24(4,21-12-8-6-9-13-21)22-14-10-7-11-15-22;/h6-17H,1-5H3;. The Balaban J connectivity index is 0.00000243. The molecule has 0 amide bonds. The van der Waals surface area contributed by atoms with Gasteiger partial charge in [0.25, 0.3) is 0 Å². The van der Waals surface area contributed by atoms with Crippen molar-refractivity contribution < 1.29 is 0 Å². The van der Waals surface area contributed by atoms with Crippen LogP contribution in [-0.2, 0) is 5.16 Å². The van der Waals surface area contributed by atoms with Gasteiger partial charge in [0, 0.05) is 13.6 Å². The van der Waals surface area contributed by atoms with Gasteiger partial charge in [-0.15, -0.1) is 0 Å². The third-order valence-corrected chi connectivity index (χ3v) is 8.55. The van der Waals surface area contributed by atoms with Crippen molar-refractivity contribution in [2.75, 3.05) is 6.66 Å². The molecular weight excluding hydrogens is 330 g/mol. The summed E-state index contributed by atoms with van der Waals surface area (Å²) in [6, 6.07) is 26.6. The number of aryl methyl sites for hydroxylation is 3. The van der Waals surface area contributed by atoms with Crippen LogP contribution in [0.4, 0.5) is 0 Å². The van der Waals surface area contributed by atoms with Gasteiger partial charge in [-0.2, -0.15) is 0 Å². The lowest BCUT2D eigenvalue weighted by Crippen LogP contribution is -2.28. The summed E-state index contributed by atoms with van der Waals surface area (Å²) >= 11 is 0. The van der Waals surface area contributed by atoms with E-state index in [4.69, 9.17) is 0 Å². The molecule has 0 nitrogen and oxygen atoms in total. The molecular formula is C24H27BP. The van der Waals surface area contributed by atoms with Crippen LogP contribution in [0.2, 0.25) is 0 Å². The number of rotatable bonds is 4. The van der Waals surface area contributed by atoms with Gasteiger partial charge in [0.2, 0.25) is 0 Å². The summed E-state index contributed by atoms with van der Waals surface area (Å²) in [4.78, 5) is 0. The SMILES string of the molecule is Cc1cc(C)c(P(C)C(C)(c2ccccc2)c2ccccc2)c(C)c1.[B]. The highest BCUT2D eigenvalue weighted by Gasteiger charge is 2.36. The second kappa shape index (κ2) is 8.23. The molecule has 0 aliphatic carbocycles. The normalized spacial score (nSPS) is 12.3. The van der Waals surface area contributed by atoms with E-state index < -0.39 is 7.92 Å². The van der Waals surface area contributed by atoms with Gasteiger partial charge >= 0.3 is 0 Å². The largest absolute Gasteiger partial charge is 0.0628 e. The van der Waals surface area contributed by atoms with E-state index in [0.29, 0.717) is 0 Å². The van der Waals surface area contributed by atoms with Crippen LogP contribution in [-0.4, -0.2) is 15.1 Å². The molecule has 3 rings (SSSR count). The molecule has 0 N–H and O–H groups in total. The van der Waals surface area contributed by atoms with Crippen LogP contribution in [0.15, 0.2) is 72.8 Å². The molecule has 0 fully saturated rings. The second-order valence-electron chi connectivity index (χ2n) is 7.11. The fraction of sp³-hybridized carbons (Fsp3) is 0.250. The summed E-state index contributed by atoms with van der Waals surface area (Å²) in [5, 5.41) is 1.53. The molecule has 3 aromatic carbocycles. The van der Waals surface area contributed by atoms with Gasteiger partial charge in [0.05, 0.1) is 0 Å². The van der Waals surface area contributed by atoms with Crippen LogP contribution in [0.25, 0.3) is 0 Å². The summed E-state index contributed by atoms with van der Waals surface area (Å²) in [6.07, 6.45) is 0. The number of benzene rings is 3. The first-order chi connectivity index (χ1) is 11.9. The third-order valence-electron chi connectivity index (χ3n) is 5.31. The summed E-state index contributed by atoms with van der Waals surface area (Å²) < 4.78 is 0. The predicted octanol–water partition coefficient (Wildman–Crippen LogP) is 5.93. The van der Waals surface area contributed by atoms with Gasteiger partial charge in [0.1, 0.15) is 0 Å². The fourth-order valence-corrected chi connectivity index (χ4v) is 6.71. The number of hydrogen-bond acceptors (Lipinski definition) is 0. The summed E-state index contributed by atoms with van der Waals surface area (Å²) in [7, 11) is -0.428. The molecule has 3 radical (unpaired) electrons. The fourth-order valence-electron chi connectivity index (χ4n) is 4.00. The van der Waals surface area contributed by atoms with E-state index in [-0.39, 0.29) is 13.6 Å². The first kappa shape index (κ1) is 20.5. The van der Waals surface area contributed by atoms with Gasteiger partial charge in [0.15, 0.2) is 0 Å². The van der Waals surface area contributed by atoms with Gasteiger partial charge in [-0.05, 0) is 61.9 Å². The molecule has 0 aromatic heterocycles. The Kier molecular flexibility index (Phi) is 6.48. The molecule has 0 aliphatic rings. The Labute approximate surface area is 162 Å². The van der Waals surface area contributed by atoms with Gasteiger partial charge in [-0.3, -0.25) is 0 Å². The molecule has 0 heterocycles. The maximum Gasteiger partial charge on any atom is 0.0412 e. The van der Waals surface area contributed by atoms with Crippen molar-refractivity contribution in [3.05, 3.63) is 101 Å². The minimum atomic E-state index is -0.428. The second-order valence-corrected chi connectivity index (χ2v) is 9.57. The minimum Gasteiger partial charge on any atom is -0.0628 e. The Hall–Kier alpha value is -1.85. The Bertz CT molecular complexity index is 793. The van der Waals surface area contributed by atoms with Crippen LogP contribution in [0.1, 0.15) is 34.7 Å². The van der Waals surface area contributed by atoms with Crippen molar-refractivity contribution in [3.8, 4) is 0 Å². The van der Waals surface area contributed by atoms with E-state index in [1.165, 1.54) is 33.1 Å². The van der Waals surface area contributed by atoms with E-state index >= 15 is 0 Å². The molecule has 0 bridgehead atoms. The van der Waals surface area contributed by atoms with Crippen molar-refractivity contribution in [3.63, 3.8) is 0 Å². The summed E-state index contributed by atoms with van der Waals surface area (Å²) in [5.74, 6) is 0. The van der Waals surface area contributed by atoms with Crippen molar-refractivity contribution >= 4 is 21.6 Å². The molecule has 131 valence electrons. The molecule has 0 aliphatic heterocycles. The van der Waals surface area contributed by atoms with E-state index in [9.17, 15) is 0 Å². The lowest BCUT2D eigenvalue weighted by Gasteiger charge is -2.39. The lowest BCUT2D eigenvalue weighted by molar-refractivity contribution is 0.825. The molecule has 2 heteroatoms. The van der Waals surface area contributed by atoms with E-state index in [2.05, 4.69) is 107 Å². The molecule has 1 unspecified atom stereocenters. The smallest absolute Gasteiger partial charge is 0.0412 e. The zero-order chi connectivity index (χ0) is 18.0. The van der Waals surface area contributed by atoms with E-state index in [1.54, 1.807) is 0 Å². The Morgan fingerprint density at radius 3 is 1.46 bits per heavy atom. The van der Waals surface area contributed by atoms with Crippen LogP contribution in [0.5, 0.6) is 0 Å². The maximum atomic E-state index is 2.44. The molecule has 1 atom stereocenters. The molecule has 0 saturated carbocycles. The number of hydrogen-bond donors (Lipinski definition) is 0. The minimum absolute atomic E-state index is 0.